The molecule has 1 aromatic heterocycles. The summed E-state index contributed by atoms with van der Waals surface area (Å²) in [6.07, 6.45) is 3.35. The van der Waals surface area contributed by atoms with Crippen LogP contribution in [-0.2, 0) is 6.42 Å². The first-order valence-corrected chi connectivity index (χ1v) is 8.70. The maximum Gasteiger partial charge on any atom is 0.258 e. The van der Waals surface area contributed by atoms with Gasteiger partial charge in [-0.15, -0.1) is 0 Å². The predicted molar refractivity (Wildman–Crippen MR) is 100 cm³/mol. The van der Waals surface area contributed by atoms with E-state index in [-0.39, 0.29) is 11.6 Å². The van der Waals surface area contributed by atoms with Gasteiger partial charge in [0.15, 0.2) is 0 Å². The molecule has 1 N–H and O–H groups in total. The minimum atomic E-state index is -0.724. The monoisotopic (exact) mass is 365 g/mol. The number of nitrogens with zero attached hydrogens (tertiary/aromatic N) is 2. The molecule has 2 heterocycles. The van der Waals surface area contributed by atoms with Gasteiger partial charge in [-0.05, 0) is 48.7 Å². The lowest BCUT2D eigenvalue weighted by Crippen LogP contribution is -2.35. The van der Waals surface area contributed by atoms with Gasteiger partial charge in [0.25, 0.3) is 5.91 Å². The standard InChI is InChI=1S/C21H17F2N3O/c22-16-7-8-18(17(23)13-16)25-20-12-15(9-10-24-20)21(27)26-11-3-5-14-4-1-2-6-19(14)26/h1-2,4,6-10,12-13H,3,5,11H2,(H,24,25). The van der Waals surface area contributed by atoms with Crippen LogP contribution in [0.1, 0.15) is 22.3 Å². The maximum atomic E-state index is 13.8. The van der Waals surface area contributed by atoms with E-state index in [4.69, 9.17) is 0 Å². The van der Waals surface area contributed by atoms with Gasteiger partial charge in [0.05, 0.1) is 5.69 Å². The number of halogens is 2. The van der Waals surface area contributed by atoms with Gasteiger partial charge in [-0.25, -0.2) is 13.8 Å². The number of carbonyl (C=O) groups is 1. The molecule has 1 aliphatic heterocycles. The average molecular weight is 365 g/mol. The van der Waals surface area contributed by atoms with Crippen LogP contribution in [0.3, 0.4) is 0 Å². The van der Waals surface area contributed by atoms with Crippen LogP contribution < -0.4 is 10.2 Å². The lowest BCUT2D eigenvalue weighted by atomic mass is 10.0. The number of para-hydroxylation sites is 1. The number of aromatic nitrogens is 1. The highest BCUT2D eigenvalue weighted by Gasteiger charge is 2.23. The Balaban J connectivity index is 1.60. The molecular formula is C21H17F2N3O. The van der Waals surface area contributed by atoms with Gasteiger partial charge in [0, 0.05) is 30.1 Å². The number of anilines is 3. The molecule has 4 rings (SSSR count). The zero-order chi connectivity index (χ0) is 18.8. The van der Waals surface area contributed by atoms with Crippen molar-refractivity contribution < 1.29 is 13.6 Å². The Labute approximate surface area is 155 Å². The minimum Gasteiger partial charge on any atom is -0.338 e. The second-order valence-electron chi connectivity index (χ2n) is 6.37. The number of hydrogen-bond acceptors (Lipinski definition) is 3. The second kappa shape index (κ2) is 7.15. The van der Waals surface area contributed by atoms with E-state index in [1.54, 1.807) is 17.0 Å². The van der Waals surface area contributed by atoms with Gasteiger partial charge in [-0.1, -0.05) is 18.2 Å². The van der Waals surface area contributed by atoms with E-state index >= 15 is 0 Å². The highest BCUT2D eigenvalue weighted by molar-refractivity contribution is 6.07. The van der Waals surface area contributed by atoms with E-state index in [0.29, 0.717) is 17.9 Å². The molecule has 4 nitrogen and oxygen atoms in total. The number of aryl methyl sites for hydroxylation is 1. The van der Waals surface area contributed by atoms with Crippen molar-refractivity contribution in [1.29, 1.82) is 0 Å². The smallest absolute Gasteiger partial charge is 0.258 e. The third kappa shape index (κ3) is 3.51. The Bertz CT molecular complexity index is 1010. The number of rotatable bonds is 3. The molecule has 6 heteroatoms. The van der Waals surface area contributed by atoms with Crippen molar-refractivity contribution >= 4 is 23.1 Å². The Morgan fingerprint density at radius 1 is 1.07 bits per heavy atom. The minimum absolute atomic E-state index is 0.0943. The van der Waals surface area contributed by atoms with Crippen molar-refractivity contribution in [3.05, 3.63) is 83.6 Å². The van der Waals surface area contributed by atoms with E-state index in [0.717, 1.165) is 36.2 Å². The number of carbonyl (C=O) groups excluding carboxylic acids is 1. The number of benzene rings is 2. The highest BCUT2D eigenvalue weighted by atomic mass is 19.1. The molecule has 0 spiro atoms. The number of amides is 1. The summed E-state index contributed by atoms with van der Waals surface area (Å²) in [5, 5.41) is 2.79. The normalized spacial score (nSPS) is 13.2. The lowest BCUT2D eigenvalue weighted by molar-refractivity contribution is 0.0985. The van der Waals surface area contributed by atoms with E-state index in [1.165, 1.54) is 12.3 Å². The molecule has 0 unspecified atom stereocenters. The van der Waals surface area contributed by atoms with Crippen LogP contribution in [0.5, 0.6) is 0 Å². The molecule has 0 radical (unpaired) electrons. The van der Waals surface area contributed by atoms with Crippen LogP contribution in [-0.4, -0.2) is 17.4 Å². The van der Waals surface area contributed by atoms with Crippen LogP contribution in [0.25, 0.3) is 0 Å². The Kier molecular flexibility index (Phi) is 4.54. The summed E-state index contributed by atoms with van der Waals surface area (Å²) in [6.45, 7) is 0.646. The van der Waals surface area contributed by atoms with Crippen molar-refractivity contribution in [1.82, 2.24) is 4.98 Å². The van der Waals surface area contributed by atoms with Crippen LogP contribution in [0, 0.1) is 11.6 Å². The molecule has 136 valence electrons. The van der Waals surface area contributed by atoms with Gasteiger partial charge < -0.3 is 10.2 Å². The summed E-state index contributed by atoms with van der Waals surface area (Å²) in [5.74, 6) is -1.19. The van der Waals surface area contributed by atoms with Crippen LogP contribution in [0.4, 0.5) is 26.0 Å². The molecule has 0 aliphatic carbocycles. The number of nitrogens with one attached hydrogen (secondary N) is 1. The molecule has 3 aromatic rings. The second-order valence-corrected chi connectivity index (χ2v) is 6.37. The van der Waals surface area contributed by atoms with E-state index in [2.05, 4.69) is 10.3 Å². The summed E-state index contributed by atoms with van der Waals surface area (Å²) in [7, 11) is 0. The summed E-state index contributed by atoms with van der Waals surface area (Å²) in [5.41, 5.74) is 2.62. The molecule has 0 fully saturated rings. The van der Waals surface area contributed by atoms with Gasteiger partial charge in [0.1, 0.15) is 17.5 Å². The quantitative estimate of drug-likeness (QED) is 0.732. The van der Waals surface area contributed by atoms with Crippen molar-refractivity contribution in [3.8, 4) is 0 Å². The van der Waals surface area contributed by atoms with Gasteiger partial charge in [-0.3, -0.25) is 4.79 Å². The van der Waals surface area contributed by atoms with Crippen LogP contribution >= 0.6 is 0 Å². The third-order valence-electron chi connectivity index (χ3n) is 4.56. The number of pyridine rings is 1. The maximum absolute atomic E-state index is 13.8. The van der Waals surface area contributed by atoms with Crippen molar-refractivity contribution in [2.45, 2.75) is 12.8 Å². The zero-order valence-corrected chi connectivity index (χ0v) is 14.5. The fourth-order valence-corrected chi connectivity index (χ4v) is 3.26. The van der Waals surface area contributed by atoms with E-state index in [1.807, 2.05) is 24.3 Å². The Morgan fingerprint density at radius 3 is 2.78 bits per heavy atom. The molecule has 0 saturated heterocycles. The van der Waals surface area contributed by atoms with Crippen LogP contribution in [0.2, 0.25) is 0 Å². The topological polar surface area (TPSA) is 45.2 Å². The molecule has 1 aliphatic rings. The average Bonchev–Trinajstić information content (AvgIpc) is 2.69. The van der Waals surface area contributed by atoms with Gasteiger partial charge in [-0.2, -0.15) is 0 Å². The summed E-state index contributed by atoms with van der Waals surface area (Å²) in [4.78, 5) is 18.9. The molecule has 0 atom stereocenters. The lowest BCUT2D eigenvalue weighted by Gasteiger charge is -2.29. The third-order valence-corrected chi connectivity index (χ3v) is 4.56. The van der Waals surface area contributed by atoms with Gasteiger partial charge in [0.2, 0.25) is 0 Å². The van der Waals surface area contributed by atoms with Crippen LogP contribution in [0.15, 0.2) is 60.8 Å². The summed E-state index contributed by atoms with van der Waals surface area (Å²) in [6, 6.07) is 14.3. The number of fused-ring (bicyclic) bond motifs is 1. The Morgan fingerprint density at radius 2 is 1.93 bits per heavy atom. The van der Waals surface area contributed by atoms with Gasteiger partial charge >= 0.3 is 0 Å². The summed E-state index contributed by atoms with van der Waals surface area (Å²) >= 11 is 0. The predicted octanol–water partition coefficient (Wildman–Crippen LogP) is 4.70. The molecular weight excluding hydrogens is 348 g/mol. The zero-order valence-electron chi connectivity index (χ0n) is 14.5. The van der Waals surface area contributed by atoms with Crippen molar-refractivity contribution in [3.63, 3.8) is 0 Å². The Hall–Kier alpha value is -3.28. The first kappa shape index (κ1) is 17.1. The fourth-order valence-electron chi connectivity index (χ4n) is 3.26. The largest absolute Gasteiger partial charge is 0.338 e. The van der Waals surface area contributed by atoms with E-state index in [9.17, 15) is 13.6 Å². The number of hydrogen-bond donors (Lipinski definition) is 1. The molecule has 0 saturated carbocycles. The molecule has 27 heavy (non-hydrogen) atoms. The molecule has 1 amide bonds. The SMILES string of the molecule is O=C(c1ccnc(Nc2ccc(F)cc2F)c1)N1CCCc2ccccc21. The first-order chi connectivity index (χ1) is 13.1. The fraction of sp³-hybridized carbons (Fsp3) is 0.143. The summed E-state index contributed by atoms with van der Waals surface area (Å²) < 4.78 is 26.9. The van der Waals surface area contributed by atoms with Crippen molar-refractivity contribution in [2.75, 3.05) is 16.8 Å². The molecule has 0 bridgehead atoms. The highest BCUT2D eigenvalue weighted by Crippen LogP contribution is 2.28. The van der Waals surface area contributed by atoms with E-state index < -0.39 is 11.6 Å². The van der Waals surface area contributed by atoms with Crippen molar-refractivity contribution in [2.24, 2.45) is 0 Å². The first-order valence-electron chi connectivity index (χ1n) is 8.70. The molecule has 2 aromatic carbocycles.